The number of aliphatic carboxylic acids is 1. The standard InChI is InChI=1S/C27H23F2N3O3/c28-20-8-7-19(23(29)14-20)15-32-24-16-31(11-9-21(24)22-6-3-10-30-27(22)32)25(33)12-17-4-1-2-5-18(17)13-26(34)35/h1-8,10,14H,9,11-13,15-16H2,(H,34,35). The van der Waals surface area contributed by atoms with Crippen molar-refractivity contribution >= 4 is 22.9 Å². The molecule has 0 saturated carbocycles. The van der Waals surface area contributed by atoms with Gasteiger partial charge in [0.1, 0.15) is 17.3 Å². The third-order valence-electron chi connectivity index (χ3n) is 6.51. The Morgan fingerprint density at radius 1 is 0.971 bits per heavy atom. The van der Waals surface area contributed by atoms with Crippen LogP contribution < -0.4 is 0 Å². The Kier molecular flexibility index (Phi) is 6.03. The zero-order valence-corrected chi connectivity index (χ0v) is 18.9. The number of pyridine rings is 1. The van der Waals surface area contributed by atoms with Gasteiger partial charge in [-0.25, -0.2) is 13.8 Å². The van der Waals surface area contributed by atoms with Crippen LogP contribution in [0.1, 0.15) is 27.9 Å². The summed E-state index contributed by atoms with van der Waals surface area (Å²) in [7, 11) is 0. The number of hydrogen-bond donors (Lipinski definition) is 1. The quantitative estimate of drug-likeness (QED) is 0.455. The molecule has 2 aromatic carbocycles. The Morgan fingerprint density at radius 3 is 2.49 bits per heavy atom. The van der Waals surface area contributed by atoms with Crippen LogP contribution in [0, 0.1) is 11.6 Å². The van der Waals surface area contributed by atoms with E-state index in [1.807, 2.05) is 16.7 Å². The summed E-state index contributed by atoms with van der Waals surface area (Å²) in [5.41, 5.74) is 4.30. The van der Waals surface area contributed by atoms with Crippen molar-refractivity contribution < 1.29 is 23.5 Å². The SMILES string of the molecule is O=C(O)Cc1ccccc1CC(=O)N1CCc2c(n(Cc3ccc(F)cc3F)c3ncccc23)C1. The number of carbonyl (C=O) groups is 2. The van der Waals surface area contributed by atoms with Gasteiger partial charge in [0.05, 0.1) is 25.9 Å². The number of carbonyl (C=O) groups excluding carboxylic acids is 1. The zero-order valence-electron chi connectivity index (χ0n) is 18.9. The minimum absolute atomic E-state index is 0.101. The highest BCUT2D eigenvalue weighted by atomic mass is 19.1. The first-order valence-electron chi connectivity index (χ1n) is 11.4. The molecule has 0 bridgehead atoms. The molecule has 0 atom stereocenters. The van der Waals surface area contributed by atoms with E-state index in [0.29, 0.717) is 41.8 Å². The van der Waals surface area contributed by atoms with E-state index in [2.05, 4.69) is 4.98 Å². The Bertz CT molecular complexity index is 1450. The topological polar surface area (TPSA) is 75.4 Å². The van der Waals surface area contributed by atoms with Crippen LogP contribution in [0.25, 0.3) is 11.0 Å². The average molecular weight is 475 g/mol. The van der Waals surface area contributed by atoms with Crippen molar-refractivity contribution in [1.29, 1.82) is 0 Å². The van der Waals surface area contributed by atoms with Gasteiger partial charge in [-0.05, 0) is 41.3 Å². The summed E-state index contributed by atoms with van der Waals surface area (Å²) < 4.78 is 29.8. The van der Waals surface area contributed by atoms with Gasteiger partial charge in [0.2, 0.25) is 5.91 Å². The van der Waals surface area contributed by atoms with E-state index in [-0.39, 0.29) is 25.3 Å². The fourth-order valence-electron chi connectivity index (χ4n) is 4.80. The van der Waals surface area contributed by atoms with E-state index in [1.165, 1.54) is 12.1 Å². The van der Waals surface area contributed by atoms with Crippen LogP contribution in [-0.2, 0) is 41.9 Å². The van der Waals surface area contributed by atoms with Gasteiger partial charge in [0.25, 0.3) is 0 Å². The van der Waals surface area contributed by atoms with Gasteiger partial charge in [-0.1, -0.05) is 30.3 Å². The number of amides is 1. The molecule has 1 aliphatic rings. The molecule has 0 spiro atoms. The van der Waals surface area contributed by atoms with E-state index in [1.54, 1.807) is 35.4 Å². The lowest BCUT2D eigenvalue weighted by Gasteiger charge is -2.29. The number of fused-ring (bicyclic) bond motifs is 3. The molecule has 0 saturated heterocycles. The average Bonchev–Trinajstić information content (AvgIpc) is 3.14. The normalized spacial score (nSPS) is 13.1. The lowest BCUT2D eigenvalue weighted by molar-refractivity contribution is -0.136. The number of carboxylic acid groups (broad SMARTS) is 1. The molecular weight excluding hydrogens is 452 g/mol. The molecule has 0 radical (unpaired) electrons. The summed E-state index contributed by atoms with van der Waals surface area (Å²) in [5.74, 6) is -2.32. The smallest absolute Gasteiger partial charge is 0.307 e. The molecule has 3 heterocycles. The molecule has 0 fully saturated rings. The maximum atomic E-state index is 14.5. The highest BCUT2D eigenvalue weighted by molar-refractivity contribution is 5.84. The van der Waals surface area contributed by atoms with Crippen LogP contribution in [0.3, 0.4) is 0 Å². The second-order valence-electron chi connectivity index (χ2n) is 8.70. The predicted molar refractivity (Wildman–Crippen MR) is 126 cm³/mol. The van der Waals surface area contributed by atoms with E-state index in [0.717, 1.165) is 22.7 Å². The van der Waals surface area contributed by atoms with Crippen molar-refractivity contribution in [3.05, 3.63) is 100 Å². The maximum Gasteiger partial charge on any atom is 0.307 e. The molecule has 35 heavy (non-hydrogen) atoms. The van der Waals surface area contributed by atoms with Crippen molar-refractivity contribution in [2.24, 2.45) is 0 Å². The van der Waals surface area contributed by atoms with Gasteiger partial charge < -0.3 is 14.6 Å². The lowest BCUT2D eigenvalue weighted by Crippen LogP contribution is -2.37. The Balaban J connectivity index is 1.46. The largest absolute Gasteiger partial charge is 0.481 e. The number of halogens is 2. The molecule has 5 rings (SSSR count). The van der Waals surface area contributed by atoms with Crippen LogP contribution in [0.5, 0.6) is 0 Å². The molecule has 4 aromatic rings. The second kappa shape index (κ2) is 9.29. The van der Waals surface area contributed by atoms with Gasteiger partial charge in [0, 0.05) is 35.5 Å². The van der Waals surface area contributed by atoms with E-state index < -0.39 is 17.6 Å². The minimum atomic E-state index is -0.947. The summed E-state index contributed by atoms with van der Waals surface area (Å²) >= 11 is 0. The first kappa shape index (κ1) is 22.7. The number of carboxylic acids is 1. The number of rotatable bonds is 6. The van der Waals surface area contributed by atoms with Crippen LogP contribution in [0.4, 0.5) is 8.78 Å². The van der Waals surface area contributed by atoms with Gasteiger partial charge >= 0.3 is 5.97 Å². The Labute approximate surface area is 200 Å². The zero-order chi connectivity index (χ0) is 24.5. The van der Waals surface area contributed by atoms with Gasteiger partial charge in [-0.15, -0.1) is 0 Å². The molecule has 0 unspecified atom stereocenters. The maximum absolute atomic E-state index is 14.5. The van der Waals surface area contributed by atoms with Crippen LogP contribution in [-0.4, -0.2) is 38.0 Å². The van der Waals surface area contributed by atoms with Crippen LogP contribution in [0.15, 0.2) is 60.8 Å². The summed E-state index contributed by atoms with van der Waals surface area (Å²) in [6.07, 6.45) is 2.26. The van der Waals surface area contributed by atoms with E-state index in [4.69, 9.17) is 0 Å². The van der Waals surface area contributed by atoms with Crippen molar-refractivity contribution in [2.45, 2.75) is 32.4 Å². The molecule has 1 N–H and O–H groups in total. The second-order valence-corrected chi connectivity index (χ2v) is 8.70. The first-order chi connectivity index (χ1) is 16.9. The fourth-order valence-corrected chi connectivity index (χ4v) is 4.80. The summed E-state index contributed by atoms with van der Waals surface area (Å²) in [4.78, 5) is 30.7. The lowest BCUT2D eigenvalue weighted by atomic mass is 10.00. The van der Waals surface area contributed by atoms with Crippen molar-refractivity contribution in [3.8, 4) is 0 Å². The number of benzene rings is 2. The third kappa shape index (κ3) is 4.51. The molecule has 1 aliphatic heterocycles. The summed E-state index contributed by atoms with van der Waals surface area (Å²) in [5, 5.41) is 10.1. The first-order valence-corrected chi connectivity index (χ1v) is 11.4. The van der Waals surface area contributed by atoms with Crippen molar-refractivity contribution in [3.63, 3.8) is 0 Å². The van der Waals surface area contributed by atoms with Crippen molar-refractivity contribution in [1.82, 2.24) is 14.5 Å². The van der Waals surface area contributed by atoms with Crippen LogP contribution >= 0.6 is 0 Å². The highest BCUT2D eigenvalue weighted by Gasteiger charge is 2.28. The monoisotopic (exact) mass is 475 g/mol. The molecule has 0 aliphatic carbocycles. The molecule has 2 aromatic heterocycles. The molecule has 1 amide bonds. The molecular formula is C27H23F2N3O3. The Morgan fingerprint density at radius 2 is 1.74 bits per heavy atom. The van der Waals surface area contributed by atoms with Crippen molar-refractivity contribution in [2.75, 3.05) is 6.54 Å². The number of hydrogen-bond acceptors (Lipinski definition) is 3. The third-order valence-corrected chi connectivity index (χ3v) is 6.51. The van der Waals surface area contributed by atoms with Gasteiger partial charge in [-0.2, -0.15) is 0 Å². The van der Waals surface area contributed by atoms with E-state index >= 15 is 0 Å². The van der Waals surface area contributed by atoms with Crippen LogP contribution in [0.2, 0.25) is 0 Å². The molecule has 178 valence electrons. The van der Waals surface area contributed by atoms with Gasteiger partial charge in [-0.3, -0.25) is 9.59 Å². The minimum Gasteiger partial charge on any atom is -0.481 e. The predicted octanol–water partition coefficient (Wildman–Crippen LogP) is 4.12. The van der Waals surface area contributed by atoms with Gasteiger partial charge in [0.15, 0.2) is 0 Å². The summed E-state index contributed by atoms with van der Waals surface area (Å²) in [6, 6.07) is 14.4. The molecule has 6 nitrogen and oxygen atoms in total. The Hall–Kier alpha value is -4.07. The fraction of sp³-hybridized carbons (Fsp3) is 0.222. The summed E-state index contributed by atoms with van der Waals surface area (Å²) in [6.45, 7) is 1.01. The number of aromatic nitrogens is 2. The number of nitrogens with zero attached hydrogens (tertiary/aromatic N) is 3. The van der Waals surface area contributed by atoms with E-state index in [9.17, 15) is 23.5 Å². The molecule has 8 heteroatoms. The highest BCUT2D eigenvalue weighted by Crippen LogP contribution is 2.31.